The van der Waals surface area contributed by atoms with Crippen LogP contribution in [0.4, 0.5) is 46.8 Å². The number of alkyl halides is 3. The van der Waals surface area contributed by atoms with E-state index >= 15 is 0 Å². The maximum absolute atomic E-state index is 12.5. The number of carboxylic acid groups (broad SMARTS) is 1. The van der Waals surface area contributed by atoms with Gasteiger partial charge in [0.25, 0.3) is 10.2 Å². The number of aliphatic carboxylic acids is 1. The first-order chi connectivity index (χ1) is 20.1. The van der Waals surface area contributed by atoms with Crippen LogP contribution in [-0.2, 0) is 27.8 Å². The molecule has 232 valence electrons. The number of carbonyl (C=O) groups excluding carboxylic acids is 1. The molecule has 2 aromatic carbocycles. The highest BCUT2D eigenvalue weighted by molar-refractivity contribution is 7.87. The monoisotopic (exact) mass is 644 g/mol. The van der Waals surface area contributed by atoms with E-state index in [1.54, 1.807) is 6.07 Å². The zero-order chi connectivity index (χ0) is 31.8. The van der Waals surface area contributed by atoms with Crippen molar-refractivity contribution in [1.82, 2.24) is 24.3 Å². The van der Waals surface area contributed by atoms with Crippen molar-refractivity contribution < 1.29 is 36.3 Å². The van der Waals surface area contributed by atoms with Crippen LogP contribution in [0.2, 0.25) is 5.02 Å². The molecule has 18 heteroatoms. The summed E-state index contributed by atoms with van der Waals surface area (Å²) in [4.78, 5) is 30.1. The second-order valence-corrected chi connectivity index (χ2v) is 11.5. The van der Waals surface area contributed by atoms with Gasteiger partial charge in [0.1, 0.15) is 5.02 Å². The van der Waals surface area contributed by atoms with Gasteiger partial charge in [-0.2, -0.15) is 30.9 Å². The minimum atomic E-state index is -5.08. The molecule has 13 nitrogen and oxygen atoms in total. The molecule has 0 atom stereocenters. The fourth-order valence-electron chi connectivity index (χ4n) is 3.52. The average molecular weight is 645 g/mol. The van der Waals surface area contributed by atoms with Crippen LogP contribution in [0.3, 0.4) is 0 Å². The van der Waals surface area contributed by atoms with Crippen molar-refractivity contribution in [3.05, 3.63) is 64.8 Å². The van der Waals surface area contributed by atoms with E-state index in [0.29, 0.717) is 28.9 Å². The summed E-state index contributed by atoms with van der Waals surface area (Å²) in [7, 11) is -0.691. The third kappa shape index (κ3) is 10.2. The Balaban J connectivity index is 0.000000646. The van der Waals surface area contributed by atoms with Crippen molar-refractivity contribution in [3.8, 4) is 0 Å². The molecule has 1 aromatic heterocycles. The Hall–Kier alpha value is -4.19. The topological polar surface area (TPSA) is 178 Å². The van der Waals surface area contributed by atoms with Gasteiger partial charge in [-0.15, -0.1) is 0 Å². The fourth-order valence-corrected chi connectivity index (χ4v) is 4.27. The largest absolute Gasteiger partial charge is 0.490 e. The lowest BCUT2D eigenvalue weighted by molar-refractivity contribution is -0.192. The molecule has 4 rings (SSSR count). The van der Waals surface area contributed by atoms with Crippen LogP contribution >= 0.6 is 11.6 Å². The summed E-state index contributed by atoms with van der Waals surface area (Å²) in [5, 5.41) is 19.5. The van der Waals surface area contributed by atoms with Crippen molar-refractivity contribution in [3.63, 3.8) is 0 Å². The Bertz CT molecular complexity index is 1570. The van der Waals surface area contributed by atoms with E-state index < -0.39 is 28.4 Å². The molecule has 6 bridgehead atoms. The Morgan fingerprint density at radius 2 is 1.77 bits per heavy atom. The first-order valence-electron chi connectivity index (χ1n) is 12.4. The number of hydrogen-bond acceptors (Lipinski definition) is 8. The van der Waals surface area contributed by atoms with Gasteiger partial charge in [-0.25, -0.2) is 19.3 Å². The van der Waals surface area contributed by atoms with Crippen molar-refractivity contribution in [2.24, 2.45) is 0 Å². The van der Waals surface area contributed by atoms with Crippen LogP contribution < -0.4 is 26.0 Å². The number of amides is 2. The zero-order valence-corrected chi connectivity index (χ0v) is 24.4. The quantitative estimate of drug-likeness (QED) is 0.217. The van der Waals surface area contributed by atoms with E-state index in [0.717, 1.165) is 33.2 Å². The van der Waals surface area contributed by atoms with Crippen molar-refractivity contribution in [2.75, 3.05) is 43.1 Å². The molecule has 0 fully saturated rings. The summed E-state index contributed by atoms with van der Waals surface area (Å²) < 4.78 is 58.7. The van der Waals surface area contributed by atoms with Gasteiger partial charge in [-0.1, -0.05) is 23.7 Å². The summed E-state index contributed by atoms with van der Waals surface area (Å²) in [5.74, 6) is -1.89. The lowest BCUT2D eigenvalue weighted by atomic mass is 10.0. The van der Waals surface area contributed by atoms with E-state index in [-0.39, 0.29) is 13.1 Å². The standard InChI is InChI=1S/C23H27ClN8O3S.C2HF3O2/c1-32(2)36(34,35)27-11-10-25-23(33)30-20-9-8-18-13-16(20)7-6-15-4-3-5-17(12-15)29-22-26-14-19(24)21(28-18)31-22;3-2(4,5)1(6)7/h3-5,8-9,12-14,27H,6-7,10-11H2,1-2H3,(H2,25,30,33)(H2,26,28,29,31);(H,6,7). The average Bonchev–Trinajstić information content (AvgIpc) is 2.93. The molecule has 6 N–H and O–H groups in total. The smallest absolute Gasteiger partial charge is 0.475 e. The molecule has 0 aliphatic carbocycles. The number of carbonyl (C=O) groups is 2. The Morgan fingerprint density at radius 1 is 1.07 bits per heavy atom. The van der Waals surface area contributed by atoms with Crippen LogP contribution in [0.5, 0.6) is 0 Å². The third-order valence-corrected chi connectivity index (χ3v) is 7.45. The number of aromatic nitrogens is 2. The van der Waals surface area contributed by atoms with E-state index in [9.17, 15) is 26.4 Å². The van der Waals surface area contributed by atoms with Crippen molar-refractivity contribution in [2.45, 2.75) is 19.0 Å². The minimum Gasteiger partial charge on any atom is -0.475 e. The molecule has 1 aliphatic rings. The lowest BCUT2D eigenvalue weighted by Crippen LogP contribution is -2.41. The molecule has 3 aromatic rings. The maximum atomic E-state index is 12.5. The number of halogens is 4. The molecule has 0 saturated heterocycles. The number of nitrogens with one attached hydrogen (secondary N) is 5. The summed E-state index contributed by atoms with van der Waals surface area (Å²) in [6.07, 6.45) is -2.16. The normalized spacial score (nSPS) is 12.6. The highest BCUT2D eigenvalue weighted by Crippen LogP contribution is 2.29. The Labute approximate surface area is 250 Å². The van der Waals surface area contributed by atoms with Gasteiger partial charge in [0, 0.05) is 44.2 Å². The maximum Gasteiger partial charge on any atom is 0.490 e. The van der Waals surface area contributed by atoms with Gasteiger partial charge in [0.2, 0.25) is 5.95 Å². The summed E-state index contributed by atoms with van der Waals surface area (Å²) in [6, 6.07) is 13.1. The van der Waals surface area contributed by atoms with E-state index in [2.05, 4.69) is 36.0 Å². The number of anilines is 5. The molecule has 2 amide bonds. The highest BCUT2D eigenvalue weighted by atomic mass is 35.5. The van der Waals surface area contributed by atoms with E-state index in [4.69, 9.17) is 21.5 Å². The number of urea groups is 1. The molecule has 1 aliphatic heterocycles. The highest BCUT2D eigenvalue weighted by Gasteiger charge is 2.38. The molecule has 0 saturated carbocycles. The predicted molar refractivity (Wildman–Crippen MR) is 155 cm³/mol. The van der Waals surface area contributed by atoms with Crippen LogP contribution in [0.1, 0.15) is 11.1 Å². The molecule has 43 heavy (non-hydrogen) atoms. The number of nitrogens with zero attached hydrogens (tertiary/aromatic N) is 3. The summed E-state index contributed by atoms with van der Waals surface area (Å²) >= 11 is 6.31. The van der Waals surface area contributed by atoms with Gasteiger partial charge in [0.05, 0.1) is 6.20 Å². The molecule has 2 heterocycles. The van der Waals surface area contributed by atoms with Crippen LogP contribution in [0.15, 0.2) is 48.7 Å². The third-order valence-electron chi connectivity index (χ3n) is 5.64. The summed E-state index contributed by atoms with van der Waals surface area (Å²) in [6.45, 7) is 0.192. The number of rotatable bonds is 6. The number of fused-ring (bicyclic) bond motifs is 6. The predicted octanol–water partition coefficient (Wildman–Crippen LogP) is 3.87. The first kappa shape index (κ1) is 33.3. The first-order valence-corrected chi connectivity index (χ1v) is 14.3. The summed E-state index contributed by atoms with van der Waals surface area (Å²) in [5.41, 5.74) is 4.27. The number of aryl methyl sites for hydroxylation is 2. The minimum absolute atomic E-state index is 0.0652. The molecular weight excluding hydrogens is 617 g/mol. The van der Waals surface area contributed by atoms with E-state index in [1.807, 2.05) is 36.4 Å². The van der Waals surface area contributed by atoms with Gasteiger partial charge in [-0.05, 0) is 54.3 Å². The lowest BCUT2D eigenvalue weighted by Gasteiger charge is -2.15. The zero-order valence-electron chi connectivity index (χ0n) is 22.8. The van der Waals surface area contributed by atoms with Crippen molar-refractivity contribution in [1.29, 1.82) is 0 Å². The second-order valence-electron chi connectivity index (χ2n) is 9.08. The van der Waals surface area contributed by atoms with Gasteiger partial charge in [-0.3, -0.25) is 0 Å². The Morgan fingerprint density at radius 3 is 2.44 bits per heavy atom. The van der Waals surface area contributed by atoms with Crippen LogP contribution in [-0.4, -0.2) is 73.2 Å². The fraction of sp³-hybridized carbons (Fsp3) is 0.280. The van der Waals surface area contributed by atoms with Crippen molar-refractivity contribution >= 4 is 62.6 Å². The molecular formula is C25H28ClF3N8O5S. The second kappa shape index (κ2) is 14.3. The van der Waals surface area contributed by atoms with Gasteiger partial charge < -0.3 is 26.4 Å². The number of benzene rings is 2. The Kier molecular flexibility index (Phi) is 11.1. The number of hydrogen-bond donors (Lipinski definition) is 6. The molecule has 0 unspecified atom stereocenters. The van der Waals surface area contributed by atoms with Gasteiger partial charge in [0.15, 0.2) is 5.82 Å². The van der Waals surface area contributed by atoms with E-state index in [1.165, 1.54) is 20.3 Å². The number of carboxylic acids is 1. The SMILES string of the molecule is CN(C)S(=O)(=O)NCCNC(=O)Nc1ccc2cc1CCc1cccc(c1)Nc1ncc(Cl)c(n1)N2.O=C(O)C(F)(F)F. The molecule has 0 spiro atoms. The van der Waals surface area contributed by atoms with Crippen LogP contribution in [0.25, 0.3) is 0 Å². The van der Waals surface area contributed by atoms with Gasteiger partial charge >= 0.3 is 18.2 Å². The van der Waals surface area contributed by atoms with Crippen LogP contribution in [0, 0.1) is 0 Å². The molecule has 0 radical (unpaired) electrons.